The first-order valence-electron chi connectivity index (χ1n) is 7.27. The molecular formula is C19H22FNO3. The van der Waals surface area contributed by atoms with Gasteiger partial charge in [-0.25, -0.2) is 9.18 Å². The second kappa shape index (κ2) is 8.26. The maximum Gasteiger partial charge on any atom is 0.336 e. The first-order chi connectivity index (χ1) is 11.2. The van der Waals surface area contributed by atoms with Gasteiger partial charge in [0.1, 0.15) is 5.83 Å². The number of hydrogen-bond donors (Lipinski definition) is 1. The Bertz CT molecular complexity index is 683. The number of halogens is 1. The molecule has 0 spiro atoms. The van der Waals surface area contributed by atoms with Crippen molar-refractivity contribution in [3.05, 3.63) is 84.7 Å². The molecule has 1 rings (SSSR count). The topological polar surface area (TPSA) is 49.8 Å². The van der Waals surface area contributed by atoms with Crippen LogP contribution in [0.2, 0.25) is 0 Å². The molecule has 1 aliphatic rings. The van der Waals surface area contributed by atoms with Crippen molar-refractivity contribution in [1.29, 1.82) is 0 Å². The fourth-order valence-electron chi connectivity index (χ4n) is 2.32. The highest BCUT2D eigenvalue weighted by Gasteiger charge is 2.27. The monoisotopic (exact) mass is 331 g/mol. The number of carboxylic acids is 1. The van der Waals surface area contributed by atoms with Crippen molar-refractivity contribution in [2.45, 2.75) is 20.0 Å². The van der Waals surface area contributed by atoms with E-state index >= 15 is 0 Å². The average molecular weight is 331 g/mol. The van der Waals surface area contributed by atoms with Crippen LogP contribution >= 0.6 is 0 Å². The van der Waals surface area contributed by atoms with Gasteiger partial charge in [0.2, 0.25) is 0 Å². The van der Waals surface area contributed by atoms with E-state index in [0.29, 0.717) is 22.5 Å². The maximum absolute atomic E-state index is 12.6. The highest BCUT2D eigenvalue weighted by Crippen LogP contribution is 2.31. The van der Waals surface area contributed by atoms with Crippen LogP contribution < -0.4 is 0 Å². The molecule has 0 saturated heterocycles. The molecule has 1 heterocycles. The third kappa shape index (κ3) is 4.67. The zero-order valence-electron chi connectivity index (χ0n) is 14.0. The van der Waals surface area contributed by atoms with Gasteiger partial charge in [-0.3, -0.25) is 0 Å². The van der Waals surface area contributed by atoms with Gasteiger partial charge in [0, 0.05) is 11.9 Å². The summed E-state index contributed by atoms with van der Waals surface area (Å²) in [6.45, 7) is 18.1. The summed E-state index contributed by atoms with van der Waals surface area (Å²) >= 11 is 0. The van der Waals surface area contributed by atoms with Gasteiger partial charge in [-0.15, -0.1) is 0 Å². The molecular weight excluding hydrogens is 309 g/mol. The minimum atomic E-state index is -1.03. The van der Waals surface area contributed by atoms with Crippen molar-refractivity contribution in [3.63, 3.8) is 0 Å². The van der Waals surface area contributed by atoms with Crippen LogP contribution in [0.3, 0.4) is 0 Å². The highest BCUT2D eigenvalue weighted by molar-refractivity contribution is 5.93. The Labute approximate surface area is 141 Å². The summed E-state index contributed by atoms with van der Waals surface area (Å²) in [5.74, 6) is -1.60. The molecule has 1 aliphatic heterocycles. The SMILES string of the molecule is C=CN1C(=C)C=C(C(=O)O)C(C)=C1C(C)OCC(=C)/C=C\C(=C)F. The normalized spacial score (nSPS) is 16.2. The second-order valence-corrected chi connectivity index (χ2v) is 5.31. The molecule has 0 aromatic rings. The number of hydrogen-bond acceptors (Lipinski definition) is 3. The zero-order chi connectivity index (χ0) is 18.4. The van der Waals surface area contributed by atoms with Crippen LogP contribution in [0.25, 0.3) is 0 Å². The first kappa shape index (κ1) is 19.4. The Hall–Kier alpha value is -2.66. The lowest BCUT2D eigenvalue weighted by molar-refractivity contribution is -0.132. The van der Waals surface area contributed by atoms with Crippen LogP contribution in [0.15, 0.2) is 84.7 Å². The molecule has 5 heteroatoms. The molecule has 0 aromatic heterocycles. The van der Waals surface area contributed by atoms with E-state index in [2.05, 4.69) is 26.3 Å². The van der Waals surface area contributed by atoms with Crippen molar-refractivity contribution in [3.8, 4) is 0 Å². The van der Waals surface area contributed by atoms with E-state index in [1.165, 1.54) is 18.2 Å². The number of ether oxygens (including phenoxy) is 1. The predicted molar refractivity (Wildman–Crippen MR) is 93.5 cm³/mol. The van der Waals surface area contributed by atoms with E-state index in [1.54, 1.807) is 24.9 Å². The molecule has 0 aliphatic carbocycles. The Balaban J connectivity index is 3.00. The molecule has 0 bridgehead atoms. The van der Waals surface area contributed by atoms with E-state index in [4.69, 9.17) is 4.74 Å². The van der Waals surface area contributed by atoms with E-state index in [-0.39, 0.29) is 12.2 Å². The lowest BCUT2D eigenvalue weighted by atomic mass is 9.97. The summed E-state index contributed by atoms with van der Waals surface area (Å²) in [7, 11) is 0. The van der Waals surface area contributed by atoms with Crippen molar-refractivity contribution < 1.29 is 19.0 Å². The number of carboxylic acid groups (broad SMARTS) is 1. The number of carbonyl (C=O) groups is 1. The first-order valence-corrected chi connectivity index (χ1v) is 7.27. The van der Waals surface area contributed by atoms with Crippen LogP contribution in [0.4, 0.5) is 4.39 Å². The van der Waals surface area contributed by atoms with Crippen molar-refractivity contribution >= 4 is 5.97 Å². The van der Waals surface area contributed by atoms with Crippen LogP contribution in [0, 0.1) is 0 Å². The predicted octanol–water partition coefficient (Wildman–Crippen LogP) is 4.24. The number of aliphatic carboxylic acids is 1. The third-order valence-electron chi connectivity index (χ3n) is 3.48. The van der Waals surface area contributed by atoms with Gasteiger partial charge < -0.3 is 14.7 Å². The Morgan fingerprint density at radius 1 is 1.46 bits per heavy atom. The van der Waals surface area contributed by atoms with Crippen LogP contribution in [-0.2, 0) is 9.53 Å². The van der Waals surface area contributed by atoms with Gasteiger partial charge >= 0.3 is 5.97 Å². The number of nitrogens with zero attached hydrogens (tertiary/aromatic N) is 1. The van der Waals surface area contributed by atoms with Gasteiger partial charge in [0.15, 0.2) is 0 Å². The molecule has 128 valence electrons. The minimum absolute atomic E-state index is 0.158. The average Bonchev–Trinajstić information content (AvgIpc) is 2.51. The summed E-state index contributed by atoms with van der Waals surface area (Å²) < 4.78 is 18.3. The van der Waals surface area contributed by atoms with E-state index < -0.39 is 17.9 Å². The summed E-state index contributed by atoms with van der Waals surface area (Å²) in [6, 6.07) is 0. The fraction of sp³-hybridized carbons (Fsp3) is 0.211. The van der Waals surface area contributed by atoms with Gasteiger partial charge in [-0.2, -0.15) is 0 Å². The summed E-state index contributed by atoms with van der Waals surface area (Å²) in [5, 5.41) is 9.33. The van der Waals surface area contributed by atoms with Crippen molar-refractivity contribution in [1.82, 2.24) is 4.90 Å². The molecule has 0 fully saturated rings. The standard InChI is InChI=1S/C19H22FNO3/c1-7-21-14(4)10-17(19(22)23)15(5)18(21)16(6)24-11-12(2)8-9-13(3)20/h7-10,16H,1-4,11H2,5-6H3,(H,22,23)/b9-8-. The number of allylic oxidation sites excluding steroid dienone is 3. The summed E-state index contributed by atoms with van der Waals surface area (Å²) in [5.41, 5.74) is 2.43. The molecule has 4 nitrogen and oxygen atoms in total. The van der Waals surface area contributed by atoms with Gasteiger partial charge in [0.25, 0.3) is 0 Å². The van der Waals surface area contributed by atoms with E-state index in [1.807, 2.05) is 0 Å². The summed E-state index contributed by atoms with van der Waals surface area (Å²) in [4.78, 5) is 13.1. The lowest BCUT2D eigenvalue weighted by Gasteiger charge is -2.33. The molecule has 0 aromatic carbocycles. The van der Waals surface area contributed by atoms with E-state index in [9.17, 15) is 14.3 Å². The molecule has 24 heavy (non-hydrogen) atoms. The van der Waals surface area contributed by atoms with Gasteiger partial charge in [-0.05, 0) is 37.1 Å². The van der Waals surface area contributed by atoms with Crippen LogP contribution in [0.5, 0.6) is 0 Å². The number of rotatable bonds is 8. The Morgan fingerprint density at radius 3 is 2.58 bits per heavy atom. The largest absolute Gasteiger partial charge is 0.478 e. The Morgan fingerprint density at radius 2 is 2.08 bits per heavy atom. The summed E-state index contributed by atoms with van der Waals surface area (Å²) in [6.07, 6.45) is 5.28. The van der Waals surface area contributed by atoms with Gasteiger partial charge in [0.05, 0.1) is 24.0 Å². The quantitative estimate of drug-likeness (QED) is 0.676. The van der Waals surface area contributed by atoms with Crippen LogP contribution in [0.1, 0.15) is 13.8 Å². The zero-order valence-corrected chi connectivity index (χ0v) is 14.0. The fourth-order valence-corrected chi connectivity index (χ4v) is 2.32. The van der Waals surface area contributed by atoms with Crippen molar-refractivity contribution in [2.24, 2.45) is 0 Å². The molecule has 0 radical (unpaired) electrons. The maximum atomic E-state index is 12.6. The third-order valence-corrected chi connectivity index (χ3v) is 3.48. The highest BCUT2D eigenvalue weighted by atomic mass is 19.1. The molecule has 1 N–H and O–H groups in total. The molecule has 1 unspecified atom stereocenters. The molecule has 0 amide bonds. The van der Waals surface area contributed by atoms with Crippen molar-refractivity contribution in [2.75, 3.05) is 6.61 Å². The lowest BCUT2D eigenvalue weighted by Crippen LogP contribution is -2.30. The minimum Gasteiger partial charge on any atom is -0.478 e. The van der Waals surface area contributed by atoms with E-state index in [0.717, 1.165) is 0 Å². The smallest absolute Gasteiger partial charge is 0.336 e. The van der Waals surface area contributed by atoms with Gasteiger partial charge in [-0.1, -0.05) is 32.4 Å². The Kier molecular flexibility index (Phi) is 6.68. The molecule has 0 saturated carbocycles. The van der Waals surface area contributed by atoms with Crippen LogP contribution in [-0.4, -0.2) is 28.7 Å². The second-order valence-electron chi connectivity index (χ2n) is 5.31. The molecule has 1 atom stereocenters.